The van der Waals surface area contributed by atoms with Gasteiger partial charge in [0.1, 0.15) is 5.54 Å². The predicted molar refractivity (Wildman–Crippen MR) is 103 cm³/mol. The fraction of sp³-hybridized carbons (Fsp3) is 0.526. The number of benzene rings is 1. The van der Waals surface area contributed by atoms with E-state index in [1.54, 1.807) is 18.2 Å². The van der Waals surface area contributed by atoms with Crippen LogP contribution in [0.5, 0.6) is 0 Å². The first-order valence-corrected chi connectivity index (χ1v) is 11.3. The number of imide groups is 1. The molecule has 1 N–H and O–H groups in total. The SMILES string of the molecule is CS(=O)(=O)N1CCc2cc(C(=O)CN3C(=O)NC4(CCCCC4)C3=O)ccc21. The molecule has 2 aliphatic heterocycles. The molecule has 28 heavy (non-hydrogen) atoms. The van der Waals surface area contributed by atoms with Crippen molar-refractivity contribution in [3.05, 3.63) is 29.3 Å². The van der Waals surface area contributed by atoms with Crippen molar-refractivity contribution >= 4 is 33.4 Å². The van der Waals surface area contributed by atoms with Gasteiger partial charge in [0, 0.05) is 12.1 Å². The number of amides is 3. The third kappa shape index (κ3) is 3.07. The van der Waals surface area contributed by atoms with Crippen LogP contribution < -0.4 is 9.62 Å². The maximum absolute atomic E-state index is 12.8. The maximum atomic E-state index is 12.8. The fourth-order valence-corrected chi connectivity index (χ4v) is 5.40. The molecule has 1 aromatic rings. The Kier molecular flexibility index (Phi) is 4.45. The van der Waals surface area contributed by atoms with Crippen molar-refractivity contribution in [3.63, 3.8) is 0 Å². The van der Waals surface area contributed by atoms with Gasteiger partial charge in [0.15, 0.2) is 5.78 Å². The molecule has 8 nitrogen and oxygen atoms in total. The van der Waals surface area contributed by atoms with Crippen molar-refractivity contribution in [1.29, 1.82) is 0 Å². The lowest BCUT2D eigenvalue weighted by Gasteiger charge is -2.30. The van der Waals surface area contributed by atoms with Gasteiger partial charge in [0.2, 0.25) is 10.0 Å². The number of rotatable bonds is 4. The second kappa shape index (κ2) is 6.58. The Morgan fingerprint density at radius 3 is 2.57 bits per heavy atom. The number of carbonyl (C=O) groups excluding carboxylic acids is 3. The molecular weight excluding hydrogens is 382 g/mol. The molecule has 0 unspecified atom stereocenters. The van der Waals surface area contributed by atoms with E-state index in [9.17, 15) is 22.8 Å². The Bertz CT molecular complexity index is 966. The first-order chi connectivity index (χ1) is 13.2. The molecule has 1 aromatic carbocycles. The Balaban J connectivity index is 1.52. The molecule has 3 amide bonds. The molecule has 3 aliphatic rings. The first-order valence-electron chi connectivity index (χ1n) is 9.49. The molecule has 0 aromatic heterocycles. The number of nitrogens with zero attached hydrogens (tertiary/aromatic N) is 2. The molecule has 1 spiro atoms. The lowest BCUT2D eigenvalue weighted by Crippen LogP contribution is -2.48. The Morgan fingerprint density at radius 1 is 1.18 bits per heavy atom. The van der Waals surface area contributed by atoms with Crippen LogP contribution >= 0.6 is 0 Å². The molecule has 0 atom stereocenters. The summed E-state index contributed by atoms with van der Waals surface area (Å²) in [5.74, 6) is -0.646. The summed E-state index contributed by atoms with van der Waals surface area (Å²) in [6, 6.07) is 4.33. The highest BCUT2D eigenvalue weighted by Crippen LogP contribution is 2.34. The van der Waals surface area contributed by atoms with E-state index in [0.717, 1.165) is 36.0 Å². The summed E-state index contributed by atoms with van der Waals surface area (Å²) in [5, 5.41) is 2.80. The van der Waals surface area contributed by atoms with Crippen LogP contribution in [0.25, 0.3) is 0 Å². The molecule has 1 saturated carbocycles. The van der Waals surface area contributed by atoms with Crippen molar-refractivity contribution in [2.75, 3.05) is 23.7 Å². The molecule has 2 fully saturated rings. The molecule has 150 valence electrons. The first kappa shape index (κ1) is 18.9. The zero-order valence-corrected chi connectivity index (χ0v) is 16.5. The predicted octanol–water partition coefficient (Wildman–Crippen LogP) is 1.45. The second-order valence-corrected chi connectivity index (χ2v) is 9.72. The molecule has 0 radical (unpaired) electrons. The zero-order chi connectivity index (χ0) is 20.1. The quantitative estimate of drug-likeness (QED) is 0.603. The molecule has 2 heterocycles. The highest BCUT2D eigenvalue weighted by Gasteiger charge is 2.51. The van der Waals surface area contributed by atoms with E-state index in [1.165, 1.54) is 4.31 Å². The van der Waals surface area contributed by atoms with Crippen LogP contribution in [-0.2, 0) is 21.2 Å². The van der Waals surface area contributed by atoms with Crippen LogP contribution in [0.1, 0.15) is 48.0 Å². The number of anilines is 1. The van der Waals surface area contributed by atoms with Crippen LogP contribution in [0.2, 0.25) is 0 Å². The number of fused-ring (bicyclic) bond motifs is 1. The lowest BCUT2D eigenvalue weighted by molar-refractivity contribution is -0.132. The van der Waals surface area contributed by atoms with Gasteiger partial charge in [-0.15, -0.1) is 0 Å². The van der Waals surface area contributed by atoms with E-state index in [1.807, 2.05) is 0 Å². The van der Waals surface area contributed by atoms with E-state index in [-0.39, 0.29) is 18.2 Å². The molecule has 1 aliphatic carbocycles. The summed E-state index contributed by atoms with van der Waals surface area (Å²) in [5.41, 5.74) is 0.885. The number of urea groups is 1. The van der Waals surface area contributed by atoms with Crippen molar-refractivity contribution in [2.24, 2.45) is 0 Å². The van der Waals surface area contributed by atoms with Gasteiger partial charge in [-0.1, -0.05) is 19.3 Å². The third-order valence-electron chi connectivity index (χ3n) is 5.91. The number of sulfonamides is 1. The van der Waals surface area contributed by atoms with E-state index < -0.39 is 21.6 Å². The smallest absolute Gasteiger partial charge is 0.323 e. The summed E-state index contributed by atoms with van der Waals surface area (Å²) in [7, 11) is -3.36. The summed E-state index contributed by atoms with van der Waals surface area (Å²) < 4.78 is 25.0. The minimum atomic E-state index is -3.36. The second-order valence-electron chi connectivity index (χ2n) is 7.82. The van der Waals surface area contributed by atoms with E-state index in [4.69, 9.17) is 0 Å². The van der Waals surface area contributed by atoms with Gasteiger partial charge in [0.25, 0.3) is 5.91 Å². The average Bonchev–Trinajstić information content (AvgIpc) is 3.17. The summed E-state index contributed by atoms with van der Waals surface area (Å²) in [6.07, 6.45) is 5.72. The number of ketones is 1. The Hall–Kier alpha value is -2.42. The number of carbonyl (C=O) groups is 3. The molecule has 9 heteroatoms. The molecule has 0 bridgehead atoms. The number of nitrogens with one attached hydrogen (secondary N) is 1. The Labute approximate surface area is 163 Å². The van der Waals surface area contributed by atoms with Crippen LogP contribution in [0.3, 0.4) is 0 Å². The Morgan fingerprint density at radius 2 is 1.89 bits per heavy atom. The van der Waals surface area contributed by atoms with Crippen molar-refractivity contribution in [2.45, 2.75) is 44.1 Å². The maximum Gasteiger partial charge on any atom is 0.325 e. The van der Waals surface area contributed by atoms with Crippen molar-refractivity contribution in [3.8, 4) is 0 Å². The van der Waals surface area contributed by atoms with E-state index >= 15 is 0 Å². The highest BCUT2D eigenvalue weighted by molar-refractivity contribution is 7.92. The average molecular weight is 405 g/mol. The van der Waals surface area contributed by atoms with Gasteiger partial charge in [-0.3, -0.25) is 18.8 Å². The third-order valence-corrected chi connectivity index (χ3v) is 7.09. The van der Waals surface area contributed by atoms with Crippen molar-refractivity contribution in [1.82, 2.24) is 10.2 Å². The van der Waals surface area contributed by atoms with Crippen LogP contribution in [0, 0.1) is 0 Å². The van der Waals surface area contributed by atoms with Gasteiger partial charge in [-0.25, -0.2) is 13.2 Å². The summed E-state index contributed by atoms with van der Waals surface area (Å²) in [4.78, 5) is 38.9. The number of hydrogen-bond acceptors (Lipinski definition) is 5. The van der Waals surface area contributed by atoms with Crippen LogP contribution in [0.4, 0.5) is 10.5 Å². The van der Waals surface area contributed by atoms with Gasteiger partial charge >= 0.3 is 6.03 Å². The standard InChI is InChI=1S/C19H23N3O5S/c1-28(26,27)22-10-7-13-11-14(5-6-15(13)22)16(23)12-21-17(24)19(20-18(21)25)8-3-2-4-9-19/h5-6,11H,2-4,7-10,12H2,1H3,(H,20,25). The van der Waals surface area contributed by atoms with Gasteiger partial charge in [-0.05, 0) is 43.0 Å². The van der Waals surface area contributed by atoms with Gasteiger partial charge in [0.05, 0.1) is 18.5 Å². The molecule has 1 saturated heterocycles. The summed E-state index contributed by atoms with van der Waals surface area (Å²) >= 11 is 0. The minimum absolute atomic E-state index is 0.305. The zero-order valence-electron chi connectivity index (χ0n) is 15.7. The number of Topliss-reactive ketones (excluding diaryl/α,β-unsaturated/α-hetero) is 1. The number of hydrogen-bond donors (Lipinski definition) is 1. The lowest BCUT2D eigenvalue weighted by atomic mass is 9.82. The molecule has 4 rings (SSSR count). The van der Waals surface area contributed by atoms with Crippen LogP contribution in [-0.4, -0.2) is 55.9 Å². The summed E-state index contributed by atoms with van der Waals surface area (Å²) in [6.45, 7) is 0.0440. The topological polar surface area (TPSA) is 104 Å². The van der Waals surface area contributed by atoms with Gasteiger partial charge < -0.3 is 5.32 Å². The van der Waals surface area contributed by atoms with Crippen LogP contribution in [0.15, 0.2) is 18.2 Å². The molecular formula is C19H23N3O5S. The van der Waals surface area contributed by atoms with Crippen molar-refractivity contribution < 1.29 is 22.8 Å². The van der Waals surface area contributed by atoms with Gasteiger partial charge in [-0.2, -0.15) is 0 Å². The largest absolute Gasteiger partial charge is 0.325 e. The normalized spacial score (nSPS) is 21.2. The highest BCUT2D eigenvalue weighted by atomic mass is 32.2. The van der Waals surface area contributed by atoms with E-state index in [0.29, 0.717) is 37.1 Å². The fourth-order valence-electron chi connectivity index (χ4n) is 4.44. The van der Waals surface area contributed by atoms with E-state index in [2.05, 4.69) is 5.32 Å². The monoisotopic (exact) mass is 405 g/mol. The minimum Gasteiger partial charge on any atom is -0.323 e.